The van der Waals surface area contributed by atoms with Crippen LogP contribution in [0.25, 0.3) is 10.9 Å². The molecule has 6 nitrogen and oxygen atoms in total. The number of aromatic amines is 1. The minimum Gasteiger partial charge on any atom is -0.491 e. The van der Waals surface area contributed by atoms with Crippen molar-refractivity contribution in [2.75, 3.05) is 13.2 Å². The van der Waals surface area contributed by atoms with E-state index in [4.69, 9.17) is 16.3 Å². The number of H-pyrrole nitrogens is 1. The number of rotatable bonds is 1. The minimum absolute atomic E-state index is 0.154. The van der Waals surface area contributed by atoms with Gasteiger partial charge in [0.2, 0.25) is 0 Å². The van der Waals surface area contributed by atoms with Crippen LogP contribution in [0.1, 0.15) is 16.1 Å². The number of ether oxygens (including phenoxy) is 1. The lowest BCUT2D eigenvalue weighted by Crippen LogP contribution is -2.32. The van der Waals surface area contributed by atoms with Crippen molar-refractivity contribution in [3.8, 4) is 5.75 Å². The molecule has 116 valence electrons. The zero-order chi connectivity index (χ0) is 15.8. The molecule has 1 aliphatic heterocycles. The second kappa shape index (κ2) is 5.55. The Morgan fingerprint density at radius 2 is 2.26 bits per heavy atom. The van der Waals surface area contributed by atoms with Gasteiger partial charge < -0.3 is 9.64 Å². The summed E-state index contributed by atoms with van der Waals surface area (Å²) in [7, 11) is 0. The summed E-state index contributed by atoms with van der Waals surface area (Å²) < 4.78 is 5.67. The highest BCUT2D eigenvalue weighted by atomic mass is 35.5. The van der Waals surface area contributed by atoms with E-state index in [0.717, 1.165) is 22.2 Å². The van der Waals surface area contributed by atoms with Crippen LogP contribution >= 0.6 is 11.6 Å². The normalized spacial score (nSPS) is 14.2. The topological polar surface area (TPSA) is 71.1 Å². The molecule has 0 atom stereocenters. The summed E-state index contributed by atoms with van der Waals surface area (Å²) in [5.41, 5.74) is 2.04. The first kappa shape index (κ1) is 14.0. The quantitative estimate of drug-likeness (QED) is 0.745. The first-order valence-electron chi connectivity index (χ1n) is 7.21. The summed E-state index contributed by atoms with van der Waals surface area (Å²) in [5, 5.41) is 8.33. The highest BCUT2D eigenvalue weighted by Gasteiger charge is 2.24. The molecular weight excluding hydrogens is 316 g/mol. The van der Waals surface area contributed by atoms with E-state index in [1.54, 1.807) is 29.4 Å². The van der Waals surface area contributed by atoms with Crippen LogP contribution in [0, 0.1) is 0 Å². The first-order chi connectivity index (χ1) is 11.2. The monoisotopic (exact) mass is 328 g/mol. The number of pyridine rings is 1. The first-order valence-corrected chi connectivity index (χ1v) is 7.59. The van der Waals surface area contributed by atoms with Gasteiger partial charge in [-0.15, -0.1) is 0 Å². The van der Waals surface area contributed by atoms with Gasteiger partial charge in [-0.25, -0.2) is 0 Å². The number of hydrogen-bond donors (Lipinski definition) is 1. The molecule has 0 aliphatic carbocycles. The van der Waals surface area contributed by atoms with Crippen molar-refractivity contribution in [2.24, 2.45) is 0 Å². The average molecular weight is 329 g/mol. The van der Waals surface area contributed by atoms with Crippen LogP contribution in [0.15, 0.2) is 36.7 Å². The highest BCUT2D eigenvalue weighted by molar-refractivity contribution is 6.31. The molecular formula is C16H13ClN4O2. The summed E-state index contributed by atoms with van der Waals surface area (Å²) in [6.45, 7) is 1.37. The number of aromatic nitrogens is 3. The van der Waals surface area contributed by atoms with Crippen LogP contribution in [0.5, 0.6) is 5.75 Å². The number of nitrogens with one attached hydrogen (secondary N) is 1. The predicted octanol–water partition coefficient (Wildman–Crippen LogP) is 2.65. The van der Waals surface area contributed by atoms with Crippen LogP contribution in [0.2, 0.25) is 5.02 Å². The van der Waals surface area contributed by atoms with E-state index < -0.39 is 0 Å². The number of hydrogen-bond acceptors (Lipinski definition) is 4. The molecule has 0 saturated carbocycles. The zero-order valence-corrected chi connectivity index (χ0v) is 12.9. The van der Waals surface area contributed by atoms with Crippen molar-refractivity contribution in [2.45, 2.75) is 6.54 Å². The molecule has 1 amide bonds. The third-order valence-electron chi connectivity index (χ3n) is 3.85. The third kappa shape index (κ3) is 2.51. The van der Waals surface area contributed by atoms with Crippen molar-refractivity contribution in [1.29, 1.82) is 0 Å². The Hall–Kier alpha value is -2.60. The Morgan fingerprint density at radius 1 is 1.35 bits per heavy atom. The van der Waals surface area contributed by atoms with Crippen molar-refractivity contribution < 1.29 is 9.53 Å². The molecule has 1 N–H and O–H groups in total. The molecule has 0 spiro atoms. The van der Waals surface area contributed by atoms with Gasteiger partial charge in [0.25, 0.3) is 5.91 Å². The van der Waals surface area contributed by atoms with Gasteiger partial charge in [-0.1, -0.05) is 11.6 Å². The second-order valence-electron chi connectivity index (χ2n) is 5.32. The number of nitrogens with zero attached hydrogens (tertiary/aromatic N) is 3. The van der Waals surface area contributed by atoms with E-state index in [2.05, 4.69) is 15.2 Å². The van der Waals surface area contributed by atoms with Crippen molar-refractivity contribution >= 4 is 28.4 Å². The second-order valence-corrected chi connectivity index (χ2v) is 5.76. The Bertz CT molecular complexity index is 893. The molecule has 3 heterocycles. The van der Waals surface area contributed by atoms with Crippen LogP contribution < -0.4 is 4.74 Å². The van der Waals surface area contributed by atoms with Gasteiger partial charge in [-0.05, 0) is 24.3 Å². The molecule has 0 fully saturated rings. The summed E-state index contributed by atoms with van der Waals surface area (Å²) >= 11 is 6.04. The number of amides is 1. The van der Waals surface area contributed by atoms with E-state index in [0.29, 0.717) is 30.4 Å². The number of fused-ring (bicyclic) bond motifs is 2. The van der Waals surface area contributed by atoms with Crippen molar-refractivity contribution in [1.82, 2.24) is 20.1 Å². The third-order valence-corrected chi connectivity index (χ3v) is 4.09. The average Bonchev–Trinajstić information content (AvgIpc) is 2.84. The van der Waals surface area contributed by atoms with E-state index in [1.165, 1.54) is 0 Å². The van der Waals surface area contributed by atoms with E-state index >= 15 is 0 Å². The number of carbonyl (C=O) groups excluding carboxylic acids is 1. The van der Waals surface area contributed by atoms with Crippen LogP contribution in [-0.2, 0) is 6.54 Å². The summed E-state index contributed by atoms with van der Waals surface area (Å²) in [6.07, 6.45) is 3.40. The SMILES string of the molecule is O=C(c1n[nH]c2ccc(Cl)cc12)N1CCOc2ccncc2C1. The van der Waals surface area contributed by atoms with Gasteiger partial charge in [0.1, 0.15) is 12.4 Å². The maximum absolute atomic E-state index is 12.9. The van der Waals surface area contributed by atoms with E-state index in [1.807, 2.05) is 12.1 Å². The van der Waals surface area contributed by atoms with Crippen LogP contribution in [0.3, 0.4) is 0 Å². The molecule has 1 aliphatic rings. The molecule has 3 aromatic rings. The van der Waals surface area contributed by atoms with E-state index in [-0.39, 0.29) is 5.91 Å². The van der Waals surface area contributed by atoms with Gasteiger partial charge in [0.15, 0.2) is 5.69 Å². The number of halogens is 1. The lowest BCUT2D eigenvalue weighted by Gasteiger charge is -2.18. The summed E-state index contributed by atoms with van der Waals surface area (Å²) in [5.74, 6) is 0.615. The highest BCUT2D eigenvalue weighted by Crippen LogP contribution is 2.25. The molecule has 0 bridgehead atoms. The molecule has 0 radical (unpaired) electrons. The fourth-order valence-corrected chi connectivity index (χ4v) is 2.87. The smallest absolute Gasteiger partial charge is 0.275 e. The van der Waals surface area contributed by atoms with Gasteiger partial charge in [0, 0.05) is 28.4 Å². The molecule has 23 heavy (non-hydrogen) atoms. The Balaban J connectivity index is 1.69. The summed E-state index contributed by atoms with van der Waals surface area (Å²) in [6, 6.07) is 7.13. The summed E-state index contributed by atoms with van der Waals surface area (Å²) in [4.78, 5) is 18.7. The van der Waals surface area contributed by atoms with Gasteiger partial charge in [-0.2, -0.15) is 5.10 Å². The largest absolute Gasteiger partial charge is 0.491 e. The molecule has 0 saturated heterocycles. The molecule has 1 aromatic carbocycles. The fourth-order valence-electron chi connectivity index (χ4n) is 2.70. The van der Waals surface area contributed by atoms with Gasteiger partial charge in [0.05, 0.1) is 18.6 Å². The van der Waals surface area contributed by atoms with Gasteiger partial charge >= 0.3 is 0 Å². The van der Waals surface area contributed by atoms with E-state index in [9.17, 15) is 4.79 Å². The Morgan fingerprint density at radius 3 is 3.17 bits per heavy atom. The molecule has 4 rings (SSSR count). The minimum atomic E-state index is -0.154. The Kier molecular flexibility index (Phi) is 3.38. The van der Waals surface area contributed by atoms with Gasteiger partial charge in [-0.3, -0.25) is 14.9 Å². The lowest BCUT2D eigenvalue weighted by molar-refractivity contribution is 0.0729. The molecule has 2 aromatic heterocycles. The fraction of sp³-hybridized carbons (Fsp3) is 0.188. The van der Waals surface area contributed by atoms with Crippen LogP contribution in [0.4, 0.5) is 0 Å². The molecule has 0 unspecified atom stereocenters. The number of benzene rings is 1. The number of carbonyl (C=O) groups is 1. The lowest BCUT2D eigenvalue weighted by atomic mass is 10.2. The Labute approximate surface area is 137 Å². The maximum atomic E-state index is 12.9. The van der Waals surface area contributed by atoms with Crippen molar-refractivity contribution in [3.63, 3.8) is 0 Å². The maximum Gasteiger partial charge on any atom is 0.275 e. The predicted molar refractivity (Wildman–Crippen MR) is 85.6 cm³/mol. The standard InChI is InChI=1S/C16H13ClN4O2/c17-11-1-2-13-12(7-11)15(20-19-13)16(22)21-5-6-23-14-3-4-18-8-10(14)9-21/h1-4,7-8H,5-6,9H2,(H,19,20). The van der Waals surface area contributed by atoms with Crippen molar-refractivity contribution in [3.05, 3.63) is 52.9 Å². The molecule has 7 heteroatoms. The zero-order valence-electron chi connectivity index (χ0n) is 12.1. The van der Waals surface area contributed by atoms with Crippen LogP contribution in [-0.4, -0.2) is 39.1 Å².